The zero-order chi connectivity index (χ0) is 28.2. The Bertz CT molecular complexity index is 704. The highest BCUT2D eigenvalue weighted by Crippen LogP contribution is 2.34. The highest BCUT2D eigenvalue weighted by atomic mass is 28.5. The summed E-state index contributed by atoms with van der Waals surface area (Å²) in [5.41, 5.74) is 0. The number of hydrogen-bond acceptors (Lipinski definition) is 10. The average molecular weight is 705 g/mol. The Labute approximate surface area is 242 Å². The van der Waals surface area contributed by atoms with Crippen LogP contribution in [0.4, 0.5) is 0 Å². The molecule has 0 aromatic rings. The van der Waals surface area contributed by atoms with Gasteiger partial charge >= 0.3 is 79.9 Å². The Kier molecular flexibility index (Phi) is 12.9. The van der Waals surface area contributed by atoms with E-state index >= 15 is 0 Å². The molecule has 2 saturated heterocycles. The summed E-state index contributed by atoms with van der Waals surface area (Å²) in [5, 5.41) is 0. The van der Waals surface area contributed by atoms with Gasteiger partial charge in [0, 0.05) is 0 Å². The first-order chi connectivity index (χ1) is 16.7. The topological polar surface area (TPSA) is 92.3 Å². The quantitative estimate of drug-likeness (QED) is 0.220. The van der Waals surface area contributed by atoms with E-state index in [0.29, 0.717) is 19.5 Å². The molecule has 0 aliphatic carbocycles. The predicted octanol–water partition coefficient (Wildman–Crippen LogP) is 3.98. The molecule has 2 aliphatic rings. The first-order valence-electron chi connectivity index (χ1n) is 12.5. The molecule has 0 atom stereocenters. The zero-order valence-corrected chi connectivity index (χ0v) is 35.4. The summed E-state index contributed by atoms with van der Waals surface area (Å²) in [6.07, 6.45) is 0. The smallest absolute Gasteiger partial charge is 0.411 e. The summed E-state index contributed by atoms with van der Waals surface area (Å²) in [6.45, 7) is 25.3. The SMILES string of the molecule is C[Si]1(C)O[Si](C)(C)O[Si](C)(CC[Si]O[Si]O[Si]O[Si]CC[Si]2(C)O[Si](C)(C)O[Si](C)(C)O2)O[Si](C)(C)O1. The van der Waals surface area contributed by atoms with Crippen LogP contribution in [-0.4, -0.2) is 99.5 Å². The van der Waals surface area contributed by atoms with Gasteiger partial charge in [-0.2, -0.15) is 0 Å². The maximum absolute atomic E-state index is 6.60. The van der Waals surface area contributed by atoms with Crippen molar-refractivity contribution in [2.45, 2.75) is 103 Å². The molecule has 2 rings (SSSR count). The molecule has 10 nitrogen and oxygen atoms in total. The Balaban J connectivity index is 1.60. The molecule has 0 amide bonds. The first kappa shape index (κ1) is 35.2. The van der Waals surface area contributed by atoms with E-state index in [-0.39, 0.29) is 20.0 Å². The Hall–Kier alpha value is 1.99. The number of rotatable bonds is 12. The summed E-state index contributed by atoms with van der Waals surface area (Å²) >= 11 is 0. The van der Waals surface area contributed by atoms with Crippen LogP contribution in [0.5, 0.6) is 0 Å². The van der Waals surface area contributed by atoms with Crippen LogP contribution < -0.4 is 0 Å². The molecule has 0 spiro atoms. The minimum absolute atomic E-state index is 0.0217. The van der Waals surface area contributed by atoms with Crippen LogP contribution in [0.15, 0.2) is 0 Å². The molecule has 21 heteroatoms. The van der Waals surface area contributed by atoms with Gasteiger partial charge in [-0.15, -0.1) is 0 Å². The van der Waals surface area contributed by atoms with Crippen LogP contribution in [0.25, 0.3) is 0 Å². The molecule has 2 aliphatic heterocycles. The fourth-order valence-corrected chi connectivity index (χ4v) is 48.2. The van der Waals surface area contributed by atoms with Crippen molar-refractivity contribution in [2.24, 2.45) is 0 Å². The van der Waals surface area contributed by atoms with Crippen molar-refractivity contribution in [1.29, 1.82) is 0 Å². The molecule has 37 heavy (non-hydrogen) atoms. The molecule has 0 bridgehead atoms. The summed E-state index contributed by atoms with van der Waals surface area (Å²) in [6, 6.07) is 3.53. The lowest BCUT2D eigenvalue weighted by Gasteiger charge is -2.47. The van der Waals surface area contributed by atoms with Gasteiger partial charge in [-0.25, -0.2) is 0 Å². The molecule has 0 saturated carbocycles. The van der Waals surface area contributed by atoms with Crippen LogP contribution in [0.1, 0.15) is 0 Å². The van der Waals surface area contributed by atoms with Crippen molar-refractivity contribution in [3.8, 4) is 0 Å². The standard InChI is InChI=1S/C16H44O10Si11/c1-31(2)20-32(3,4)23-36(11,24-33(5,6)21-31)15-13-27-17-29-19-30-18-28-14-16-37(12)25-34(7,8)22-35(9,10)26-37/h13-16H2,1-12H3. The summed E-state index contributed by atoms with van der Waals surface area (Å²) < 4.78 is 61.8. The van der Waals surface area contributed by atoms with Crippen molar-refractivity contribution in [1.82, 2.24) is 0 Å². The largest absolute Gasteiger partial charge is 0.435 e. The van der Waals surface area contributed by atoms with Gasteiger partial charge in [0.2, 0.25) is 19.5 Å². The first-order valence-corrected chi connectivity index (χ1v) is 35.5. The lowest BCUT2D eigenvalue weighted by Crippen LogP contribution is -2.65. The van der Waals surface area contributed by atoms with Crippen LogP contribution in [-0.2, 0) is 41.2 Å². The van der Waals surface area contributed by atoms with Crippen LogP contribution >= 0.6 is 0 Å². The van der Waals surface area contributed by atoms with Gasteiger partial charge in [0.25, 0.3) is 0 Å². The van der Waals surface area contributed by atoms with Gasteiger partial charge in [0.1, 0.15) is 0 Å². The zero-order valence-electron chi connectivity index (χ0n) is 24.4. The third-order valence-corrected chi connectivity index (χ3v) is 38.3. The van der Waals surface area contributed by atoms with Gasteiger partial charge in [-0.3, -0.25) is 0 Å². The maximum Gasteiger partial charge on any atom is 0.411 e. The van der Waals surface area contributed by atoms with Gasteiger partial charge in [-0.05, 0) is 103 Å². The third-order valence-electron chi connectivity index (χ3n) is 4.99. The molecule has 2 fully saturated rings. The van der Waals surface area contributed by atoms with E-state index in [1.54, 1.807) is 0 Å². The molecular formula is C16H44O10Si11. The molecule has 2 heterocycles. The van der Waals surface area contributed by atoms with Crippen molar-refractivity contribution < 1.29 is 41.2 Å². The minimum atomic E-state index is -2.44. The van der Waals surface area contributed by atoms with Gasteiger partial charge in [0.15, 0.2) is 0 Å². The fraction of sp³-hybridized carbons (Fsp3) is 1.00. The number of hydrogen-bond donors (Lipinski definition) is 0. The maximum atomic E-state index is 6.60. The summed E-state index contributed by atoms with van der Waals surface area (Å²) in [4.78, 5) is 0. The van der Waals surface area contributed by atoms with E-state index in [0.717, 1.165) is 24.2 Å². The molecule has 0 aromatic heterocycles. The minimum Gasteiger partial charge on any atom is -0.435 e. The lowest BCUT2D eigenvalue weighted by molar-refractivity contribution is 0.231. The van der Waals surface area contributed by atoms with E-state index in [4.69, 9.17) is 41.2 Å². The van der Waals surface area contributed by atoms with Crippen molar-refractivity contribution in [2.75, 3.05) is 0 Å². The average Bonchev–Trinajstić information content (AvgIpc) is 2.58. The van der Waals surface area contributed by atoms with Crippen molar-refractivity contribution in [3.63, 3.8) is 0 Å². The van der Waals surface area contributed by atoms with Gasteiger partial charge in [0.05, 0.1) is 0 Å². The lowest BCUT2D eigenvalue weighted by atomic mass is 10.9. The Morgan fingerprint density at radius 3 is 0.973 bits per heavy atom. The second kappa shape index (κ2) is 13.5. The second-order valence-corrected chi connectivity index (χ2v) is 41.4. The van der Waals surface area contributed by atoms with E-state index in [1.807, 2.05) is 0 Å². The van der Waals surface area contributed by atoms with Crippen LogP contribution in [0.3, 0.4) is 0 Å². The highest BCUT2D eigenvalue weighted by molar-refractivity contribution is 6.94. The third kappa shape index (κ3) is 13.7. The Morgan fingerprint density at radius 2 is 0.676 bits per heavy atom. The van der Waals surface area contributed by atoms with Crippen LogP contribution in [0, 0.1) is 0 Å². The van der Waals surface area contributed by atoms with Crippen LogP contribution in [0.2, 0.25) is 103 Å². The monoisotopic (exact) mass is 704 g/mol. The molecule has 0 unspecified atom stereocenters. The van der Waals surface area contributed by atoms with Gasteiger partial charge < -0.3 is 41.2 Å². The highest BCUT2D eigenvalue weighted by Gasteiger charge is 2.53. The second-order valence-electron chi connectivity index (χ2n) is 11.7. The molecule has 0 aromatic carbocycles. The van der Waals surface area contributed by atoms with Gasteiger partial charge in [-0.1, -0.05) is 0 Å². The summed E-state index contributed by atoms with van der Waals surface area (Å²) in [5.74, 6) is 0. The van der Waals surface area contributed by atoms with E-state index in [2.05, 4.69) is 78.6 Å². The molecule has 212 valence electrons. The Morgan fingerprint density at radius 1 is 0.405 bits per heavy atom. The van der Waals surface area contributed by atoms with E-state index < -0.39 is 59.9 Å². The van der Waals surface area contributed by atoms with Crippen molar-refractivity contribution in [3.05, 3.63) is 0 Å². The molecule has 8 radical (unpaired) electrons. The van der Waals surface area contributed by atoms with E-state index in [9.17, 15) is 0 Å². The van der Waals surface area contributed by atoms with Crippen molar-refractivity contribution >= 4 is 99.5 Å². The predicted molar refractivity (Wildman–Crippen MR) is 164 cm³/mol. The molecule has 0 N–H and O–H groups in total. The summed E-state index contributed by atoms with van der Waals surface area (Å²) in [7, 11) is -15.1. The normalized spacial score (nSPS) is 27.2. The van der Waals surface area contributed by atoms with E-state index in [1.165, 1.54) is 0 Å². The fourth-order valence-electron chi connectivity index (χ4n) is 4.98. The molecular weight excluding hydrogens is 661 g/mol.